The van der Waals surface area contributed by atoms with Crippen molar-refractivity contribution in [3.05, 3.63) is 57.8 Å². The van der Waals surface area contributed by atoms with Gasteiger partial charge in [0.15, 0.2) is 5.96 Å². The van der Waals surface area contributed by atoms with Crippen LogP contribution in [0.25, 0.3) is 0 Å². The standard InChI is InChI=1S/C20H25N5O2S.HI/c1-21-20(23-9-8-17-3-2-12-28-17)24-13-15-4-6-16(7-5-15)19(27)25-11-10-22-18(26)14-25;/h2-7,12H,8-11,13-14H2,1H3,(H,22,26)(H2,21,23,24);1H. The molecule has 0 spiro atoms. The molecule has 29 heavy (non-hydrogen) atoms. The van der Waals surface area contributed by atoms with Gasteiger partial charge in [0.1, 0.15) is 0 Å². The molecule has 0 saturated carbocycles. The van der Waals surface area contributed by atoms with Crippen molar-refractivity contribution in [1.29, 1.82) is 0 Å². The lowest BCUT2D eigenvalue weighted by Gasteiger charge is -2.26. The number of guanidine groups is 1. The molecule has 1 aliphatic heterocycles. The number of carbonyl (C=O) groups is 2. The first-order chi connectivity index (χ1) is 13.7. The van der Waals surface area contributed by atoms with Crippen LogP contribution in [0.15, 0.2) is 46.8 Å². The van der Waals surface area contributed by atoms with Crippen LogP contribution < -0.4 is 16.0 Å². The molecule has 7 nitrogen and oxygen atoms in total. The number of carbonyl (C=O) groups excluding carboxylic acids is 2. The van der Waals surface area contributed by atoms with Gasteiger partial charge < -0.3 is 20.9 Å². The van der Waals surface area contributed by atoms with Crippen LogP contribution in [0.5, 0.6) is 0 Å². The Labute approximate surface area is 192 Å². The molecule has 156 valence electrons. The van der Waals surface area contributed by atoms with Crippen molar-refractivity contribution in [2.24, 2.45) is 4.99 Å². The molecule has 3 N–H and O–H groups in total. The molecule has 1 aliphatic rings. The second-order valence-electron chi connectivity index (χ2n) is 6.46. The van der Waals surface area contributed by atoms with E-state index >= 15 is 0 Å². The average Bonchev–Trinajstić information content (AvgIpc) is 3.24. The van der Waals surface area contributed by atoms with Crippen LogP contribution in [0.3, 0.4) is 0 Å². The zero-order valence-electron chi connectivity index (χ0n) is 16.3. The summed E-state index contributed by atoms with van der Waals surface area (Å²) in [7, 11) is 1.75. The van der Waals surface area contributed by atoms with E-state index in [1.807, 2.05) is 12.1 Å². The number of benzene rings is 1. The molecule has 2 aromatic rings. The van der Waals surface area contributed by atoms with Crippen molar-refractivity contribution >= 4 is 53.1 Å². The van der Waals surface area contributed by atoms with Crippen molar-refractivity contribution in [3.63, 3.8) is 0 Å². The summed E-state index contributed by atoms with van der Waals surface area (Å²) >= 11 is 1.75. The molecule has 1 aromatic carbocycles. The van der Waals surface area contributed by atoms with Gasteiger partial charge in [-0.05, 0) is 35.6 Å². The summed E-state index contributed by atoms with van der Waals surface area (Å²) < 4.78 is 0. The first-order valence-electron chi connectivity index (χ1n) is 9.27. The Bertz CT molecular complexity index is 824. The molecular weight excluding hydrogens is 501 g/mol. The van der Waals surface area contributed by atoms with E-state index in [1.54, 1.807) is 35.4 Å². The predicted octanol–water partition coefficient (Wildman–Crippen LogP) is 1.85. The van der Waals surface area contributed by atoms with Gasteiger partial charge in [-0.2, -0.15) is 0 Å². The second kappa shape index (κ2) is 11.8. The fourth-order valence-corrected chi connectivity index (χ4v) is 3.63. The minimum absolute atomic E-state index is 0. The molecular formula is C20H26IN5O2S. The van der Waals surface area contributed by atoms with Gasteiger partial charge in [0.05, 0.1) is 6.54 Å². The van der Waals surface area contributed by atoms with Crippen molar-refractivity contribution < 1.29 is 9.59 Å². The Morgan fingerprint density at radius 2 is 2.03 bits per heavy atom. The second-order valence-corrected chi connectivity index (χ2v) is 7.49. The number of rotatable bonds is 6. The zero-order valence-corrected chi connectivity index (χ0v) is 19.5. The number of aliphatic imine (C=N–C) groups is 1. The number of thiophene rings is 1. The fraction of sp³-hybridized carbons (Fsp3) is 0.350. The first-order valence-corrected chi connectivity index (χ1v) is 10.2. The minimum Gasteiger partial charge on any atom is -0.356 e. The van der Waals surface area contributed by atoms with E-state index in [0.717, 1.165) is 24.5 Å². The van der Waals surface area contributed by atoms with E-state index in [4.69, 9.17) is 0 Å². The van der Waals surface area contributed by atoms with E-state index in [0.29, 0.717) is 25.2 Å². The Morgan fingerprint density at radius 3 is 2.69 bits per heavy atom. The van der Waals surface area contributed by atoms with Crippen LogP contribution in [0.2, 0.25) is 0 Å². The van der Waals surface area contributed by atoms with Gasteiger partial charge in [0, 0.05) is 43.7 Å². The Hall–Kier alpha value is -2.14. The Balaban J connectivity index is 0.00000300. The lowest BCUT2D eigenvalue weighted by Crippen LogP contribution is -2.49. The lowest BCUT2D eigenvalue weighted by atomic mass is 10.1. The number of hydrogen-bond acceptors (Lipinski definition) is 4. The number of hydrogen-bond donors (Lipinski definition) is 3. The highest BCUT2D eigenvalue weighted by Gasteiger charge is 2.22. The monoisotopic (exact) mass is 527 g/mol. The van der Waals surface area contributed by atoms with E-state index < -0.39 is 0 Å². The summed E-state index contributed by atoms with van der Waals surface area (Å²) in [5, 5.41) is 11.4. The highest BCUT2D eigenvalue weighted by molar-refractivity contribution is 14.0. The fourth-order valence-electron chi connectivity index (χ4n) is 2.93. The van der Waals surface area contributed by atoms with Crippen molar-refractivity contribution in [1.82, 2.24) is 20.9 Å². The van der Waals surface area contributed by atoms with Crippen LogP contribution in [0.1, 0.15) is 20.8 Å². The third kappa shape index (κ3) is 7.00. The molecule has 2 heterocycles. The van der Waals surface area contributed by atoms with Gasteiger partial charge in [-0.3, -0.25) is 14.6 Å². The number of nitrogens with one attached hydrogen (secondary N) is 3. The predicted molar refractivity (Wildman–Crippen MR) is 127 cm³/mol. The van der Waals surface area contributed by atoms with E-state index in [2.05, 4.69) is 38.5 Å². The summed E-state index contributed by atoms with van der Waals surface area (Å²) in [4.78, 5) is 31.1. The molecule has 1 saturated heterocycles. The van der Waals surface area contributed by atoms with Gasteiger partial charge in [-0.25, -0.2) is 0 Å². The molecule has 9 heteroatoms. The molecule has 0 radical (unpaired) electrons. The molecule has 0 unspecified atom stereocenters. The quantitative estimate of drug-likeness (QED) is 0.304. The Morgan fingerprint density at radius 1 is 1.24 bits per heavy atom. The SMILES string of the molecule is CN=C(NCCc1cccs1)NCc1ccc(C(=O)N2CCNC(=O)C2)cc1.I. The van der Waals surface area contributed by atoms with Crippen molar-refractivity contribution in [3.8, 4) is 0 Å². The van der Waals surface area contributed by atoms with Gasteiger partial charge in [0.25, 0.3) is 5.91 Å². The maximum atomic E-state index is 12.5. The largest absolute Gasteiger partial charge is 0.356 e. The third-order valence-corrected chi connectivity index (χ3v) is 5.39. The number of amides is 2. The molecule has 2 amide bonds. The summed E-state index contributed by atoms with van der Waals surface area (Å²) in [6, 6.07) is 11.6. The number of halogens is 1. The van der Waals surface area contributed by atoms with Gasteiger partial charge >= 0.3 is 0 Å². The molecule has 1 aromatic heterocycles. The lowest BCUT2D eigenvalue weighted by molar-refractivity contribution is -0.123. The third-order valence-electron chi connectivity index (χ3n) is 4.45. The van der Waals surface area contributed by atoms with E-state index in [-0.39, 0.29) is 42.3 Å². The summed E-state index contributed by atoms with van der Waals surface area (Å²) in [5.41, 5.74) is 1.64. The van der Waals surface area contributed by atoms with Gasteiger partial charge in [-0.1, -0.05) is 18.2 Å². The molecule has 0 aliphatic carbocycles. The minimum atomic E-state index is -0.113. The van der Waals surface area contributed by atoms with Crippen LogP contribution in [-0.2, 0) is 17.8 Å². The van der Waals surface area contributed by atoms with Crippen LogP contribution in [-0.4, -0.2) is 55.9 Å². The van der Waals surface area contributed by atoms with Crippen LogP contribution in [0, 0.1) is 0 Å². The zero-order chi connectivity index (χ0) is 19.8. The number of nitrogens with zero attached hydrogens (tertiary/aromatic N) is 2. The normalized spacial score (nSPS) is 14.0. The molecule has 0 atom stereocenters. The van der Waals surface area contributed by atoms with E-state index in [9.17, 15) is 9.59 Å². The van der Waals surface area contributed by atoms with Crippen molar-refractivity contribution in [2.75, 3.05) is 33.2 Å². The summed E-state index contributed by atoms with van der Waals surface area (Å²) in [6.07, 6.45) is 0.962. The van der Waals surface area contributed by atoms with Gasteiger partial charge in [0.2, 0.25) is 5.91 Å². The molecule has 1 fully saturated rings. The highest BCUT2D eigenvalue weighted by atomic mass is 127. The van der Waals surface area contributed by atoms with Gasteiger partial charge in [-0.15, -0.1) is 35.3 Å². The smallest absolute Gasteiger partial charge is 0.254 e. The first kappa shape index (κ1) is 23.1. The molecule has 0 bridgehead atoms. The maximum absolute atomic E-state index is 12.5. The summed E-state index contributed by atoms with van der Waals surface area (Å²) in [6.45, 7) is 2.60. The molecule has 3 rings (SSSR count). The maximum Gasteiger partial charge on any atom is 0.254 e. The average molecular weight is 527 g/mol. The summed E-state index contributed by atoms with van der Waals surface area (Å²) in [5.74, 6) is 0.523. The van der Waals surface area contributed by atoms with Crippen molar-refractivity contribution in [2.45, 2.75) is 13.0 Å². The van der Waals surface area contributed by atoms with E-state index in [1.165, 1.54) is 4.88 Å². The topological polar surface area (TPSA) is 85.8 Å². The number of piperazine rings is 1. The Kier molecular flexibility index (Phi) is 9.39. The highest BCUT2D eigenvalue weighted by Crippen LogP contribution is 2.09. The van der Waals surface area contributed by atoms with Crippen LogP contribution in [0.4, 0.5) is 0 Å². The van der Waals surface area contributed by atoms with Crippen LogP contribution >= 0.6 is 35.3 Å².